The molecule has 4 aromatic rings. The molecule has 3 aromatic heterocycles. The second-order valence-corrected chi connectivity index (χ2v) is 10.9. The lowest BCUT2D eigenvalue weighted by Gasteiger charge is -2.41. The third-order valence-corrected chi connectivity index (χ3v) is 6.77. The summed E-state index contributed by atoms with van der Waals surface area (Å²) >= 11 is 6.33. The van der Waals surface area contributed by atoms with Gasteiger partial charge in [0.15, 0.2) is 11.3 Å². The van der Waals surface area contributed by atoms with E-state index in [1.165, 1.54) is 25.8 Å². The number of ether oxygens (including phenoxy) is 2. The van der Waals surface area contributed by atoms with Crippen molar-refractivity contribution in [2.75, 3.05) is 31.6 Å². The van der Waals surface area contributed by atoms with Crippen LogP contribution < -0.4 is 4.90 Å². The first-order chi connectivity index (χ1) is 19.1. The molecule has 1 fully saturated rings. The minimum atomic E-state index is -0.607. The van der Waals surface area contributed by atoms with E-state index in [0.29, 0.717) is 52.8 Å². The minimum Gasteiger partial charge on any atom is -0.464 e. The molecule has 12 heteroatoms. The van der Waals surface area contributed by atoms with Crippen molar-refractivity contribution in [2.45, 2.75) is 39.3 Å². The van der Waals surface area contributed by atoms with Crippen molar-refractivity contribution in [3.05, 3.63) is 59.9 Å². The first-order valence-corrected chi connectivity index (χ1v) is 13.2. The molecule has 11 nitrogen and oxygen atoms in total. The molecule has 4 heterocycles. The number of aromatic nitrogens is 5. The van der Waals surface area contributed by atoms with Crippen LogP contribution in [-0.2, 0) is 9.47 Å². The van der Waals surface area contributed by atoms with Crippen molar-refractivity contribution >= 4 is 40.5 Å². The Bertz CT molecular complexity index is 1580. The maximum Gasteiger partial charge on any atom is 0.410 e. The van der Waals surface area contributed by atoms with E-state index in [2.05, 4.69) is 19.9 Å². The number of anilines is 1. The number of halogens is 1. The summed E-state index contributed by atoms with van der Waals surface area (Å²) in [7, 11) is 1.30. The molecule has 1 aliphatic heterocycles. The average Bonchev–Trinajstić information content (AvgIpc) is 3.31. The lowest BCUT2D eigenvalue weighted by molar-refractivity contribution is 0.0218. The highest BCUT2D eigenvalue weighted by atomic mass is 35.5. The second kappa shape index (κ2) is 10.7. The molecule has 0 radical (unpaired) electrons. The van der Waals surface area contributed by atoms with Crippen LogP contribution in [0.5, 0.6) is 0 Å². The molecule has 1 atom stereocenters. The highest BCUT2D eigenvalue weighted by Crippen LogP contribution is 2.38. The van der Waals surface area contributed by atoms with Gasteiger partial charge in [-0.1, -0.05) is 17.7 Å². The molecular formula is C28H30ClN7O4. The van der Waals surface area contributed by atoms with Crippen molar-refractivity contribution in [2.24, 2.45) is 0 Å². The van der Waals surface area contributed by atoms with Crippen LogP contribution in [0.2, 0.25) is 5.02 Å². The fourth-order valence-electron chi connectivity index (χ4n) is 4.81. The molecule has 5 rings (SSSR count). The zero-order chi connectivity index (χ0) is 28.6. The highest BCUT2D eigenvalue weighted by Gasteiger charge is 2.33. The van der Waals surface area contributed by atoms with Gasteiger partial charge in [0.05, 0.1) is 12.5 Å². The van der Waals surface area contributed by atoms with Gasteiger partial charge in [0, 0.05) is 60.5 Å². The number of benzene rings is 1. The molecule has 0 aliphatic carbocycles. The fourth-order valence-corrected chi connectivity index (χ4v) is 5.00. The molecule has 1 saturated heterocycles. The summed E-state index contributed by atoms with van der Waals surface area (Å²) in [4.78, 5) is 47.4. The number of hydrogen-bond donors (Lipinski definition) is 0. The number of carbonyl (C=O) groups excluding carboxylic acids is 2. The first-order valence-electron chi connectivity index (χ1n) is 12.8. The van der Waals surface area contributed by atoms with Gasteiger partial charge in [0.25, 0.3) is 0 Å². The molecule has 1 aliphatic rings. The number of methoxy groups -OCH3 is 1. The normalized spacial score (nSPS) is 15.8. The van der Waals surface area contributed by atoms with E-state index in [1.54, 1.807) is 11.0 Å². The number of piperazine rings is 1. The number of fused-ring (bicyclic) bond motifs is 1. The Morgan fingerprint density at radius 3 is 2.55 bits per heavy atom. The third-order valence-electron chi connectivity index (χ3n) is 6.53. The van der Waals surface area contributed by atoms with Crippen molar-refractivity contribution in [1.82, 2.24) is 29.4 Å². The summed E-state index contributed by atoms with van der Waals surface area (Å²) in [6.07, 6.45) is 5.99. The van der Waals surface area contributed by atoms with Gasteiger partial charge < -0.3 is 23.8 Å². The van der Waals surface area contributed by atoms with E-state index in [1.807, 2.05) is 56.7 Å². The van der Waals surface area contributed by atoms with Gasteiger partial charge in [-0.3, -0.25) is 4.98 Å². The van der Waals surface area contributed by atoms with Crippen LogP contribution in [0.15, 0.2) is 49.2 Å². The van der Waals surface area contributed by atoms with Gasteiger partial charge in [-0.05, 0) is 45.9 Å². The smallest absolute Gasteiger partial charge is 0.410 e. The van der Waals surface area contributed by atoms with Crippen LogP contribution in [0.4, 0.5) is 10.6 Å². The van der Waals surface area contributed by atoms with Gasteiger partial charge in [-0.25, -0.2) is 24.5 Å². The Labute approximate surface area is 236 Å². The summed E-state index contributed by atoms with van der Waals surface area (Å²) in [6, 6.07) is 7.29. The summed E-state index contributed by atoms with van der Waals surface area (Å²) in [5, 5.41) is 1.25. The topological polar surface area (TPSA) is 116 Å². The Morgan fingerprint density at radius 2 is 1.85 bits per heavy atom. The van der Waals surface area contributed by atoms with E-state index in [9.17, 15) is 9.59 Å². The van der Waals surface area contributed by atoms with Gasteiger partial charge in [0.1, 0.15) is 23.4 Å². The van der Waals surface area contributed by atoms with Crippen molar-refractivity contribution < 1.29 is 19.1 Å². The maximum atomic E-state index is 12.8. The molecule has 1 amide bonds. The Kier molecular flexibility index (Phi) is 7.33. The third kappa shape index (κ3) is 5.29. The molecule has 0 N–H and O–H groups in total. The fraction of sp³-hybridized carbons (Fsp3) is 0.357. The number of carbonyl (C=O) groups is 2. The van der Waals surface area contributed by atoms with Crippen LogP contribution >= 0.6 is 11.6 Å². The number of esters is 1. The molecule has 0 bridgehead atoms. The standard InChI is InChI=1S/C28H30ClN7O4/c1-17-14-34(27(38)40-28(2,3)4)11-12-35(17)24-21-20(22-23(26(37)39-5)31-10-9-30-22)15-36(25(21)33-16-32-24)19-8-6-7-18(29)13-19/h6-10,13,15-17H,11-12,14H2,1-5H3/t17-/m0/s1. The first kappa shape index (κ1) is 27.3. The summed E-state index contributed by atoms with van der Waals surface area (Å²) < 4.78 is 12.5. The number of rotatable bonds is 4. The zero-order valence-corrected chi connectivity index (χ0v) is 23.7. The predicted molar refractivity (Wildman–Crippen MR) is 151 cm³/mol. The van der Waals surface area contributed by atoms with Crippen LogP contribution in [0.25, 0.3) is 28.0 Å². The quantitative estimate of drug-likeness (QED) is 0.324. The van der Waals surface area contributed by atoms with E-state index >= 15 is 0 Å². The van der Waals surface area contributed by atoms with Gasteiger partial charge in [-0.15, -0.1) is 0 Å². The van der Waals surface area contributed by atoms with E-state index < -0.39 is 11.6 Å². The predicted octanol–water partition coefficient (Wildman–Crippen LogP) is 4.76. The molecule has 0 spiro atoms. The number of hydrogen-bond acceptors (Lipinski definition) is 9. The van der Waals surface area contributed by atoms with E-state index in [0.717, 1.165) is 5.69 Å². The molecule has 40 heavy (non-hydrogen) atoms. The Hall–Kier alpha value is -4.25. The Morgan fingerprint density at radius 1 is 1.07 bits per heavy atom. The van der Waals surface area contributed by atoms with Gasteiger partial charge in [-0.2, -0.15) is 0 Å². The largest absolute Gasteiger partial charge is 0.464 e. The van der Waals surface area contributed by atoms with Crippen molar-refractivity contribution in [3.63, 3.8) is 0 Å². The Balaban J connectivity index is 1.65. The molecule has 0 saturated carbocycles. The number of nitrogens with zero attached hydrogens (tertiary/aromatic N) is 7. The molecule has 0 unspecified atom stereocenters. The van der Waals surface area contributed by atoms with E-state index in [4.69, 9.17) is 26.1 Å². The van der Waals surface area contributed by atoms with Crippen molar-refractivity contribution in [1.29, 1.82) is 0 Å². The van der Waals surface area contributed by atoms with Gasteiger partial charge in [0.2, 0.25) is 0 Å². The zero-order valence-electron chi connectivity index (χ0n) is 23.0. The summed E-state index contributed by atoms with van der Waals surface area (Å²) in [6.45, 7) is 8.99. The van der Waals surface area contributed by atoms with Gasteiger partial charge >= 0.3 is 12.1 Å². The molecular weight excluding hydrogens is 534 g/mol. The minimum absolute atomic E-state index is 0.0766. The summed E-state index contributed by atoms with van der Waals surface area (Å²) in [5.74, 6) is 0.0445. The maximum absolute atomic E-state index is 12.8. The molecule has 1 aromatic carbocycles. The average molecular weight is 564 g/mol. The SMILES string of the molecule is COC(=O)c1nccnc1-c1cn(-c2cccc(Cl)c2)c2ncnc(N3CCN(C(=O)OC(C)(C)C)C[C@@H]3C)c12. The lowest BCUT2D eigenvalue weighted by atomic mass is 10.1. The van der Waals surface area contributed by atoms with Crippen LogP contribution in [-0.4, -0.2) is 79.9 Å². The summed E-state index contributed by atoms with van der Waals surface area (Å²) in [5.41, 5.74) is 1.83. The van der Waals surface area contributed by atoms with Crippen LogP contribution in [0, 0.1) is 0 Å². The van der Waals surface area contributed by atoms with Crippen LogP contribution in [0.3, 0.4) is 0 Å². The molecule has 208 valence electrons. The monoisotopic (exact) mass is 563 g/mol. The number of amides is 1. The highest BCUT2D eigenvalue weighted by molar-refractivity contribution is 6.30. The lowest BCUT2D eigenvalue weighted by Crippen LogP contribution is -2.54. The second-order valence-electron chi connectivity index (χ2n) is 10.5. The van der Waals surface area contributed by atoms with Crippen LogP contribution in [0.1, 0.15) is 38.2 Å². The van der Waals surface area contributed by atoms with Crippen molar-refractivity contribution in [3.8, 4) is 16.9 Å². The van der Waals surface area contributed by atoms with E-state index in [-0.39, 0.29) is 17.8 Å².